The summed E-state index contributed by atoms with van der Waals surface area (Å²) in [6.07, 6.45) is 1.51. The Morgan fingerprint density at radius 2 is 1.95 bits per heavy atom. The highest BCUT2D eigenvalue weighted by molar-refractivity contribution is 7.53. The van der Waals surface area contributed by atoms with Crippen molar-refractivity contribution in [2.45, 2.75) is 45.6 Å². The minimum atomic E-state index is -3.38. The molecule has 0 amide bonds. The Kier molecular flexibility index (Phi) is 8.39. The Hall–Kier alpha value is -1.16. The Balaban J connectivity index is 2.61. The summed E-state index contributed by atoms with van der Waals surface area (Å²) in [4.78, 5) is 11.2. The van der Waals surface area contributed by atoms with Crippen LogP contribution in [0.3, 0.4) is 0 Å². The molecular formula is C16H25O5P. The molecule has 0 saturated heterocycles. The third kappa shape index (κ3) is 6.73. The monoisotopic (exact) mass is 328 g/mol. The lowest BCUT2D eigenvalue weighted by Gasteiger charge is -2.22. The van der Waals surface area contributed by atoms with Crippen molar-refractivity contribution in [1.82, 2.24) is 0 Å². The molecule has 1 N–H and O–H groups in total. The summed E-state index contributed by atoms with van der Waals surface area (Å²) in [5.74, 6) is -1.09. The van der Waals surface area contributed by atoms with Crippen molar-refractivity contribution < 1.29 is 23.5 Å². The molecule has 124 valence electrons. The van der Waals surface area contributed by atoms with Gasteiger partial charge in [0.25, 0.3) is 0 Å². The SMILES string of the molecule is CCC[C@H](O[P@](=O)(CCCc1ccccc1)OCC)C(=O)O. The van der Waals surface area contributed by atoms with Crippen LogP contribution in [-0.2, 0) is 24.8 Å². The highest BCUT2D eigenvalue weighted by Gasteiger charge is 2.31. The van der Waals surface area contributed by atoms with Gasteiger partial charge in [-0.2, -0.15) is 0 Å². The average molecular weight is 328 g/mol. The van der Waals surface area contributed by atoms with Gasteiger partial charge in [-0.1, -0.05) is 43.7 Å². The predicted molar refractivity (Wildman–Crippen MR) is 86.3 cm³/mol. The third-order valence-corrected chi connectivity index (χ3v) is 5.27. The summed E-state index contributed by atoms with van der Waals surface area (Å²) in [5, 5.41) is 9.14. The first-order valence-corrected chi connectivity index (χ1v) is 9.42. The van der Waals surface area contributed by atoms with Gasteiger partial charge in [-0.3, -0.25) is 9.09 Å². The fraction of sp³-hybridized carbons (Fsp3) is 0.562. The van der Waals surface area contributed by atoms with Crippen LogP contribution in [0.15, 0.2) is 30.3 Å². The van der Waals surface area contributed by atoms with E-state index in [-0.39, 0.29) is 12.8 Å². The number of carboxylic acid groups (broad SMARTS) is 1. The van der Waals surface area contributed by atoms with Gasteiger partial charge in [-0.05, 0) is 31.7 Å². The lowest BCUT2D eigenvalue weighted by molar-refractivity contribution is -0.145. The molecule has 0 radical (unpaired) electrons. The summed E-state index contributed by atoms with van der Waals surface area (Å²) >= 11 is 0. The van der Waals surface area contributed by atoms with E-state index in [1.807, 2.05) is 37.3 Å². The first kappa shape index (κ1) is 18.9. The Morgan fingerprint density at radius 3 is 2.50 bits per heavy atom. The van der Waals surface area contributed by atoms with E-state index < -0.39 is 19.7 Å². The quantitative estimate of drug-likeness (QED) is 0.619. The van der Waals surface area contributed by atoms with Crippen molar-refractivity contribution >= 4 is 13.6 Å². The smallest absolute Gasteiger partial charge is 0.333 e. The van der Waals surface area contributed by atoms with Crippen LogP contribution in [0, 0.1) is 0 Å². The summed E-state index contributed by atoms with van der Waals surface area (Å²) in [6.45, 7) is 3.82. The highest BCUT2D eigenvalue weighted by atomic mass is 31.2. The van der Waals surface area contributed by atoms with Gasteiger partial charge in [0.15, 0.2) is 6.10 Å². The van der Waals surface area contributed by atoms with Gasteiger partial charge in [0.2, 0.25) is 0 Å². The van der Waals surface area contributed by atoms with Crippen molar-refractivity contribution in [3.8, 4) is 0 Å². The summed E-state index contributed by atoms with van der Waals surface area (Å²) in [5.41, 5.74) is 1.15. The molecule has 22 heavy (non-hydrogen) atoms. The second-order valence-electron chi connectivity index (χ2n) is 5.06. The molecule has 5 nitrogen and oxygen atoms in total. The molecule has 0 aliphatic carbocycles. The molecule has 2 atom stereocenters. The summed E-state index contributed by atoms with van der Waals surface area (Å²) in [7, 11) is -3.38. The van der Waals surface area contributed by atoms with Gasteiger partial charge in [0, 0.05) is 0 Å². The summed E-state index contributed by atoms with van der Waals surface area (Å²) in [6, 6.07) is 9.86. The van der Waals surface area contributed by atoms with E-state index in [0.717, 1.165) is 12.0 Å². The summed E-state index contributed by atoms with van der Waals surface area (Å²) < 4.78 is 23.3. The Morgan fingerprint density at radius 1 is 1.27 bits per heavy atom. The Labute approximate surface area is 132 Å². The van der Waals surface area contributed by atoms with Crippen molar-refractivity contribution in [2.75, 3.05) is 12.8 Å². The van der Waals surface area contributed by atoms with Crippen molar-refractivity contribution in [2.24, 2.45) is 0 Å². The van der Waals surface area contributed by atoms with Crippen LogP contribution in [0.25, 0.3) is 0 Å². The van der Waals surface area contributed by atoms with Gasteiger partial charge in [0.1, 0.15) is 0 Å². The molecule has 0 aliphatic heterocycles. The number of hydrogen-bond acceptors (Lipinski definition) is 4. The molecule has 0 aliphatic rings. The maximum Gasteiger partial charge on any atom is 0.333 e. The third-order valence-electron chi connectivity index (χ3n) is 3.18. The molecule has 0 aromatic heterocycles. The zero-order chi connectivity index (χ0) is 16.4. The number of aliphatic carboxylic acids is 1. The van der Waals surface area contributed by atoms with Crippen molar-refractivity contribution in [1.29, 1.82) is 0 Å². The van der Waals surface area contributed by atoms with Crippen LogP contribution in [0.1, 0.15) is 38.7 Å². The fourth-order valence-electron chi connectivity index (χ4n) is 2.14. The molecule has 0 fully saturated rings. The molecule has 0 heterocycles. The van der Waals surface area contributed by atoms with Gasteiger partial charge in [0.05, 0.1) is 12.8 Å². The molecule has 0 bridgehead atoms. The Bertz CT molecular complexity index is 489. The van der Waals surface area contributed by atoms with Gasteiger partial charge in [-0.25, -0.2) is 4.79 Å². The number of rotatable bonds is 11. The molecule has 1 rings (SSSR count). The largest absolute Gasteiger partial charge is 0.479 e. The van der Waals surface area contributed by atoms with Crippen LogP contribution < -0.4 is 0 Å². The lowest BCUT2D eigenvalue weighted by atomic mass is 10.1. The number of benzene rings is 1. The highest BCUT2D eigenvalue weighted by Crippen LogP contribution is 2.50. The first-order valence-electron chi connectivity index (χ1n) is 7.69. The van der Waals surface area contributed by atoms with E-state index in [4.69, 9.17) is 14.2 Å². The minimum Gasteiger partial charge on any atom is -0.479 e. The van der Waals surface area contributed by atoms with Gasteiger partial charge >= 0.3 is 13.6 Å². The van der Waals surface area contributed by atoms with Gasteiger partial charge < -0.3 is 9.63 Å². The normalized spacial score (nSPS) is 15.2. The average Bonchev–Trinajstić information content (AvgIpc) is 2.48. The van der Waals surface area contributed by atoms with E-state index in [1.165, 1.54) is 0 Å². The van der Waals surface area contributed by atoms with E-state index in [1.54, 1.807) is 6.92 Å². The number of hydrogen-bond donors (Lipinski definition) is 1. The second kappa shape index (κ2) is 9.78. The zero-order valence-corrected chi connectivity index (χ0v) is 14.1. The maximum absolute atomic E-state index is 12.7. The van der Waals surface area contributed by atoms with Gasteiger partial charge in [-0.15, -0.1) is 0 Å². The maximum atomic E-state index is 12.7. The number of aryl methyl sites for hydroxylation is 1. The lowest BCUT2D eigenvalue weighted by Crippen LogP contribution is -2.23. The first-order chi connectivity index (χ1) is 10.5. The molecule has 0 unspecified atom stereocenters. The zero-order valence-electron chi connectivity index (χ0n) is 13.2. The fourth-order valence-corrected chi connectivity index (χ4v) is 3.96. The van der Waals surface area contributed by atoms with E-state index in [9.17, 15) is 9.36 Å². The van der Waals surface area contributed by atoms with E-state index in [2.05, 4.69) is 0 Å². The molecule has 1 aromatic carbocycles. The van der Waals surface area contributed by atoms with Crippen LogP contribution >= 0.6 is 7.60 Å². The van der Waals surface area contributed by atoms with E-state index >= 15 is 0 Å². The molecule has 0 spiro atoms. The topological polar surface area (TPSA) is 72.8 Å². The van der Waals surface area contributed by atoms with E-state index in [0.29, 0.717) is 19.3 Å². The second-order valence-corrected chi connectivity index (χ2v) is 7.20. The minimum absolute atomic E-state index is 0.225. The van der Waals surface area contributed by atoms with Crippen molar-refractivity contribution in [3.63, 3.8) is 0 Å². The van der Waals surface area contributed by atoms with Crippen LogP contribution in [0.4, 0.5) is 0 Å². The van der Waals surface area contributed by atoms with Crippen molar-refractivity contribution in [3.05, 3.63) is 35.9 Å². The number of carboxylic acids is 1. The molecular weight excluding hydrogens is 303 g/mol. The van der Waals surface area contributed by atoms with Crippen LogP contribution in [-0.4, -0.2) is 29.9 Å². The van der Waals surface area contributed by atoms with Crippen LogP contribution in [0.5, 0.6) is 0 Å². The molecule has 0 saturated carbocycles. The molecule has 1 aromatic rings. The standard InChI is InChI=1S/C16H25O5P/c1-3-9-15(16(17)18)21-22(19,20-4-2)13-8-12-14-10-6-5-7-11-14/h5-7,10-11,15H,3-4,8-9,12-13H2,1-2H3,(H,17,18)/t15-,22-/m0/s1. The predicted octanol–water partition coefficient (Wildman–Crippen LogP) is 4.12. The van der Waals surface area contributed by atoms with Crippen LogP contribution in [0.2, 0.25) is 0 Å². The number of carbonyl (C=O) groups is 1. The molecule has 6 heteroatoms.